The Bertz CT molecular complexity index is 543. The minimum absolute atomic E-state index is 0.109. The number of nitrogens with one attached hydrogen (secondary N) is 1. The molecule has 0 radical (unpaired) electrons. The Morgan fingerprint density at radius 1 is 1.22 bits per heavy atom. The van der Waals surface area contributed by atoms with Gasteiger partial charge in [0.25, 0.3) is 0 Å². The van der Waals surface area contributed by atoms with Crippen molar-refractivity contribution in [3.05, 3.63) is 35.9 Å². The number of hydrogen-bond donors (Lipinski definition) is 2. The van der Waals surface area contributed by atoms with E-state index < -0.39 is 36.1 Å². The van der Waals surface area contributed by atoms with Crippen molar-refractivity contribution in [1.82, 2.24) is 5.32 Å². The minimum atomic E-state index is -4.59. The molecular formula is C15H18F3NO4. The molecule has 1 rings (SSSR count). The lowest BCUT2D eigenvalue weighted by molar-refractivity contribution is -0.215. The van der Waals surface area contributed by atoms with Gasteiger partial charge in [-0.1, -0.05) is 44.2 Å². The zero-order valence-corrected chi connectivity index (χ0v) is 12.7. The lowest BCUT2D eigenvalue weighted by Crippen LogP contribution is -2.47. The largest absolute Gasteiger partial charge is 0.480 e. The average molecular weight is 333 g/mol. The molecule has 1 aromatic rings. The number of benzene rings is 1. The molecule has 23 heavy (non-hydrogen) atoms. The van der Waals surface area contributed by atoms with Crippen LogP contribution in [0.2, 0.25) is 0 Å². The Hall–Kier alpha value is -2.25. The van der Waals surface area contributed by atoms with Gasteiger partial charge in [-0.25, -0.2) is 9.59 Å². The second-order valence-corrected chi connectivity index (χ2v) is 5.68. The number of carboxylic acids is 1. The van der Waals surface area contributed by atoms with Crippen LogP contribution in [0.1, 0.15) is 25.8 Å². The van der Waals surface area contributed by atoms with Crippen LogP contribution in [0.3, 0.4) is 0 Å². The summed E-state index contributed by atoms with van der Waals surface area (Å²) in [6, 6.07) is 6.90. The van der Waals surface area contributed by atoms with Crippen molar-refractivity contribution < 1.29 is 32.6 Å². The molecule has 0 saturated heterocycles. The molecule has 0 heterocycles. The van der Waals surface area contributed by atoms with Crippen molar-refractivity contribution >= 4 is 12.1 Å². The summed E-state index contributed by atoms with van der Waals surface area (Å²) in [6.45, 7) is 1.64. The molecule has 0 fully saturated rings. The van der Waals surface area contributed by atoms with E-state index in [2.05, 4.69) is 0 Å². The maximum Gasteiger partial charge on any atom is 0.408 e. The van der Waals surface area contributed by atoms with Gasteiger partial charge in [0, 0.05) is 0 Å². The molecule has 0 bridgehead atoms. The minimum Gasteiger partial charge on any atom is -0.480 e. The van der Waals surface area contributed by atoms with E-state index in [-0.39, 0.29) is 6.61 Å². The molecule has 128 valence electrons. The molecule has 0 spiro atoms. The Morgan fingerprint density at radius 2 is 1.78 bits per heavy atom. The maximum atomic E-state index is 12.8. The van der Waals surface area contributed by atoms with Crippen LogP contribution in [0.4, 0.5) is 18.0 Å². The van der Waals surface area contributed by atoms with Crippen LogP contribution in [-0.2, 0) is 16.1 Å². The van der Waals surface area contributed by atoms with Gasteiger partial charge in [-0.15, -0.1) is 0 Å². The first-order valence-corrected chi connectivity index (χ1v) is 6.79. The van der Waals surface area contributed by atoms with E-state index in [4.69, 9.17) is 9.84 Å². The number of carbonyl (C=O) groups is 2. The smallest absolute Gasteiger partial charge is 0.408 e. The Kier molecular flexibility index (Phi) is 6.00. The lowest BCUT2D eigenvalue weighted by atomic mass is 9.85. The van der Waals surface area contributed by atoms with Crippen LogP contribution in [0.15, 0.2) is 30.3 Å². The van der Waals surface area contributed by atoms with Gasteiger partial charge in [-0.2, -0.15) is 13.2 Å². The summed E-state index contributed by atoms with van der Waals surface area (Å²) in [5, 5.41) is 11.0. The van der Waals surface area contributed by atoms with Crippen LogP contribution in [0.25, 0.3) is 0 Å². The van der Waals surface area contributed by atoms with Crippen molar-refractivity contribution in [2.24, 2.45) is 5.41 Å². The summed E-state index contributed by atoms with van der Waals surface area (Å²) in [5.74, 6) is -1.56. The van der Waals surface area contributed by atoms with Gasteiger partial charge in [0.05, 0.1) is 5.41 Å². The van der Waals surface area contributed by atoms with E-state index in [9.17, 15) is 22.8 Å². The number of alkyl carbamates (subject to hydrolysis) is 1. The number of halogens is 3. The summed E-state index contributed by atoms with van der Waals surface area (Å²) in [7, 11) is 0. The quantitative estimate of drug-likeness (QED) is 0.837. The van der Waals surface area contributed by atoms with Gasteiger partial charge in [-0.3, -0.25) is 0 Å². The van der Waals surface area contributed by atoms with Crippen molar-refractivity contribution in [1.29, 1.82) is 0 Å². The second-order valence-electron chi connectivity index (χ2n) is 5.68. The Morgan fingerprint density at radius 3 is 2.26 bits per heavy atom. The highest BCUT2D eigenvalue weighted by Crippen LogP contribution is 2.41. The average Bonchev–Trinajstić information content (AvgIpc) is 2.44. The fourth-order valence-electron chi connectivity index (χ4n) is 1.73. The SMILES string of the molecule is CC(C)(C[C@@H](NC(=O)OCc1ccccc1)C(=O)O)C(F)(F)F. The second kappa shape index (κ2) is 7.34. The van der Waals surface area contributed by atoms with E-state index in [1.165, 1.54) is 0 Å². The predicted octanol–water partition coefficient (Wildman–Crippen LogP) is 3.34. The van der Waals surface area contributed by atoms with Crippen molar-refractivity contribution in [2.75, 3.05) is 0 Å². The molecular weight excluding hydrogens is 315 g/mol. The molecule has 0 aliphatic rings. The normalized spacial score (nSPS) is 13.3. The van der Waals surface area contributed by atoms with Crippen LogP contribution >= 0.6 is 0 Å². The molecule has 8 heteroatoms. The highest BCUT2D eigenvalue weighted by molar-refractivity contribution is 5.79. The molecule has 2 N–H and O–H groups in total. The molecule has 1 atom stereocenters. The Balaban J connectivity index is 2.62. The van der Waals surface area contributed by atoms with E-state index in [1.54, 1.807) is 30.3 Å². The van der Waals surface area contributed by atoms with Gasteiger partial charge in [0.15, 0.2) is 0 Å². The first kappa shape index (κ1) is 18.8. The first-order chi connectivity index (χ1) is 10.5. The number of rotatable bonds is 6. The van der Waals surface area contributed by atoms with Gasteiger partial charge in [0.2, 0.25) is 0 Å². The van der Waals surface area contributed by atoms with Gasteiger partial charge in [0.1, 0.15) is 12.6 Å². The summed E-state index contributed by atoms with van der Waals surface area (Å²) < 4.78 is 43.3. The highest BCUT2D eigenvalue weighted by Gasteiger charge is 2.49. The summed E-state index contributed by atoms with van der Waals surface area (Å²) in [6.07, 6.45) is -6.47. The van der Waals surface area contributed by atoms with Gasteiger partial charge >= 0.3 is 18.2 Å². The van der Waals surface area contributed by atoms with E-state index >= 15 is 0 Å². The van der Waals surface area contributed by atoms with E-state index in [0.717, 1.165) is 13.8 Å². The first-order valence-electron chi connectivity index (χ1n) is 6.79. The van der Waals surface area contributed by atoms with Crippen LogP contribution in [-0.4, -0.2) is 29.4 Å². The predicted molar refractivity (Wildman–Crippen MR) is 75.6 cm³/mol. The number of alkyl halides is 3. The van der Waals surface area contributed by atoms with Crippen LogP contribution < -0.4 is 5.32 Å². The topological polar surface area (TPSA) is 75.6 Å². The number of amides is 1. The standard InChI is InChI=1S/C15H18F3NO4/c1-14(2,15(16,17)18)8-11(12(20)21)19-13(22)23-9-10-6-4-3-5-7-10/h3-7,11H,8-9H2,1-2H3,(H,19,22)(H,20,21)/t11-/m1/s1. The molecule has 1 amide bonds. The number of aliphatic carboxylic acids is 1. The van der Waals surface area contributed by atoms with Crippen LogP contribution in [0, 0.1) is 5.41 Å². The van der Waals surface area contributed by atoms with Crippen molar-refractivity contribution in [3.8, 4) is 0 Å². The zero-order valence-electron chi connectivity index (χ0n) is 12.7. The van der Waals surface area contributed by atoms with Crippen LogP contribution in [0.5, 0.6) is 0 Å². The number of ether oxygens (including phenoxy) is 1. The molecule has 0 saturated carbocycles. The molecule has 1 aromatic carbocycles. The molecule has 5 nitrogen and oxygen atoms in total. The summed E-state index contributed by atoms with van der Waals surface area (Å²) in [4.78, 5) is 22.7. The maximum absolute atomic E-state index is 12.8. The third-order valence-corrected chi connectivity index (χ3v) is 3.28. The summed E-state index contributed by atoms with van der Waals surface area (Å²) >= 11 is 0. The fourth-order valence-corrected chi connectivity index (χ4v) is 1.73. The molecule has 0 aliphatic heterocycles. The fraction of sp³-hybridized carbons (Fsp3) is 0.467. The van der Waals surface area contributed by atoms with Gasteiger partial charge in [-0.05, 0) is 12.0 Å². The van der Waals surface area contributed by atoms with E-state index in [0.29, 0.717) is 5.56 Å². The molecule has 0 aliphatic carbocycles. The third kappa shape index (κ3) is 5.80. The van der Waals surface area contributed by atoms with Gasteiger partial charge < -0.3 is 15.2 Å². The summed E-state index contributed by atoms with van der Waals surface area (Å²) in [5.41, 5.74) is -1.59. The zero-order chi connectivity index (χ0) is 17.7. The Labute approximate surface area is 131 Å². The van der Waals surface area contributed by atoms with E-state index in [1.807, 2.05) is 5.32 Å². The number of hydrogen-bond acceptors (Lipinski definition) is 3. The monoisotopic (exact) mass is 333 g/mol. The lowest BCUT2D eigenvalue weighted by Gasteiger charge is -2.30. The van der Waals surface area contributed by atoms with Crippen molar-refractivity contribution in [3.63, 3.8) is 0 Å². The highest BCUT2D eigenvalue weighted by atomic mass is 19.4. The molecule has 0 unspecified atom stereocenters. The van der Waals surface area contributed by atoms with Crippen molar-refractivity contribution in [2.45, 2.75) is 39.1 Å². The third-order valence-electron chi connectivity index (χ3n) is 3.28. The number of carboxylic acid groups (broad SMARTS) is 1. The number of carbonyl (C=O) groups excluding carboxylic acids is 1. The molecule has 0 aromatic heterocycles.